The molecule has 5 rings (SSSR count). The SMILES string of the molecule is CON=C(C(=O)NC1C(=O)N2C(C(=O)O)=C(C[n+]3cccc4occc43)CS[C@H]12)c1coc(N)n1. The molecule has 0 aliphatic carbocycles. The zero-order valence-electron chi connectivity index (χ0n) is 18.2. The number of pyridine rings is 1. The number of rotatable bonds is 7. The summed E-state index contributed by atoms with van der Waals surface area (Å²) in [6.45, 7) is 0.261. The lowest BCUT2D eigenvalue weighted by Crippen LogP contribution is -2.71. The van der Waals surface area contributed by atoms with Crippen molar-refractivity contribution in [1.29, 1.82) is 0 Å². The molecule has 35 heavy (non-hydrogen) atoms. The molecule has 2 amide bonds. The molecule has 5 heterocycles. The Morgan fingerprint density at radius 2 is 2.26 bits per heavy atom. The van der Waals surface area contributed by atoms with Crippen LogP contribution in [0.5, 0.6) is 0 Å². The van der Waals surface area contributed by atoms with E-state index in [9.17, 15) is 19.5 Å². The molecule has 3 aromatic rings. The van der Waals surface area contributed by atoms with Crippen LogP contribution in [0.15, 0.2) is 62.2 Å². The van der Waals surface area contributed by atoms with Gasteiger partial charge in [0.05, 0.1) is 6.26 Å². The van der Waals surface area contributed by atoms with E-state index in [1.54, 1.807) is 18.4 Å². The van der Waals surface area contributed by atoms with Crippen LogP contribution in [0.1, 0.15) is 5.69 Å². The van der Waals surface area contributed by atoms with Crippen molar-refractivity contribution in [2.45, 2.75) is 18.0 Å². The van der Waals surface area contributed by atoms with Crippen molar-refractivity contribution in [3.63, 3.8) is 0 Å². The monoisotopic (exact) mass is 499 g/mol. The number of carboxylic acid groups (broad SMARTS) is 1. The fourth-order valence-corrected chi connectivity index (χ4v) is 5.38. The van der Waals surface area contributed by atoms with E-state index in [-0.39, 0.29) is 29.7 Å². The number of carbonyl (C=O) groups is 3. The van der Waals surface area contributed by atoms with E-state index in [0.29, 0.717) is 16.9 Å². The standard InChI is InChI=1S/C21H18N6O7S/c1-32-25-14(11-8-34-21(22)23-11)17(28)24-15-18(29)27-16(20(30)31)10(9-35-19(15)27)7-26-5-2-3-13-12(26)4-6-33-13/h2-6,8,15,19H,7,9H2,1H3,(H3-,22,23,24,28,30,31)/p+1/t15?,19-/m1/s1. The molecule has 13 nitrogen and oxygen atoms in total. The number of fused-ring (bicyclic) bond motifs is 2. The number of carbonyl (C=O) groups excluding carboxylic acids is 2. The van der Waals surface area contributed by atoms with Gasteiger partial charge in [-0.15, -0.1) is 11.8 Å². The van der Waals surface area contributed by atoms with E-state index < -0.39 is 29.2 Å². The predicted molar refractivity (Wildman–Crippen MR) is 121 cm³/mol. The van der Waals surface area contributed by atoms with Crippen molar-refractivity contribution < 1.29 is 37.7 Å². The molecule has 14 heteroatoms. The van der Waals surface area contributed by atoms with E-state index >= 15 is 0 Å². The number of β-lactam (4-membered cyclic amide) rings is 1. The Labute approximate surface area is 201 Å². The number of anilines is 1. The van der Waals surface area contributed by atoms with Gasteiger partial charge < -0.3 is 29.8 Å². The fourth-order valence-electron chi connectivity index (χ4n) is 4.04. The maximum absolute atomic E-state index is 13.0. The summed E-state index contributed by atoms with van der Waals surface area (Å²) in [6, 6.07) is 4.27. The van der Waals surface area contributed by atoms with Gasteiger partial charge in [0.1, 0.15) is 36.2 Å². The van der Waals surface area contributed by atoms with Crippen molar-refractivity contribution in [2.75, 3.05) is 18.6 Å². The van der Waals surface area contributed by atoms with Crippen LogP contribution in [0.3, 0.4) is 0 Å². The second-order valence-electron chi connectivity index (χ2n) is 7.62. The Morgan fingerprint density at radius 3 is 2.97 bits per heavy atom. The highest BCUT2D eigenvalue weighted by molar-refractivity contribution is 8.00. The highest BCUT2D eigenvalue weighted by Crippen LogP contribution is 2.40. The van der Waals surface area contributed by atoms with Gasteiger partial charge in [0.25, 0.3) is 23.3 Å². The van der Waals surface area contributed by atoms with Gasteiger partial charge in [-0.05, 0) is 6.07 Å². The number of carboxylic acids is 1. The fraction of sp³-hybridized carbons (Fsp3) is 0.238. The zero-order chi connectivity index (χ0) is 24.7. The van der Waals surface area contributed by atoms with Gasteiger partial charge in [-0.3, -0.25) is 14.5 Å². The van der Waals surface area contributed by atoms with Gasteiger partial charge in [-0.1, -0.05) is 5.16 Å². The Hall–Kier alpha value is -4.33. The third-order valence-corrected chi connectivity index (χ3v) is 6.90. The molecule has 1 fully saturated rings. The first-order valence-electron chi connectivity index (χ1n) is 10.3. The average molecular weight is 499 g/mol. The van der Waals surface area contributed by atoms with Gasteiger partial charge in [-0.2, -0.15) is 9.55 Å². The van der Waals surface area contributed by atoms with Crippen molar-refractivity contribution in [2.24, 2.45) is 5.16 Å². The summed E-state index contributed by atoms with van der Waals surface area (Å²) in [5, 5.41) is 15.6. The van der Waals surface area contributed by atoms with E-state index in [2.05, 4.69) is 15.5 Å². The number of hydrogen-bond donors (Lipinski definition) is 3. The minimum atomic E-state index is -1.22. The molecule has 0 aromatic carbocycles. The molecule has 180 valence electrons. The second kappa shape index (κ2) is 8.79. The van der Waals surface area contributed by atoms with Crippen LogP contribution >= 0.6 is 11.8 Å². The van der Waals surface area contributed by atoms with Crippen LogP contribution in [0.4, 0.5) is 6.01 Å². The quantitative estimate of drug-likeness (QED) is 0.175. The van der Waals surface area contributed by atoms with E-state index in [0.717, 1.165) is 11.8 Å². The average Bonchev–Trinajstić information content (AvgIpc) is 3.49. The number of aliphatic carboxylic acids is 1. The van der Waals surface area contributed by atoms with Crippen LogP contribution < -0.4 is 15.6 Å². The third kappa shape index (κ3) is 3.86. The minimum Gasteiger partial charge on any atom is -0.477 e. The van der Waals surface area contributed by atoms with Gasteiger partial charge in [-0.25, -0.2) is 4.79 Å². The van der Waals surface area contributed by atoms with Crippen LogP contribution in [0, 0.1) is 0 Å². The normalized spacial score (nSPS) is 20.0. The first kappa shape index (κ1) is 22.5. The number of nitrogens with zero attached hydrogens (tertiary/aromatic N) is 4. The molecule has 2 atom stereocenters. The molecule has 1 unspecified atom stereocenters. The largest absolute Gasteiger partial charge is 0.477 e. The van der Waals surface area contributed by atoms with E-state index in [4.69, 9.17) is 19.4 Å². The summed E-state index contributed by atoms with van der Waals surface area (Å²) in [4.78, 5) is 47.7. The molecule has 0 bridgehead atoms. The highest BCUT2D eigenvalue weighted by atomic mass is 32.2. The lowest BCUT2D eigenvalue weighted by atomic mass is 10.0. The van der Waals surface area contributed by atoms with Gasteiger partial charge in [0, 0.05) is 23.5 Å². The molecule has 0 spiro atoms. The molecule has 0 radical (unpaired) electrons. The molecular weight excluding hydrogens is 480 g/mol. The van der Waals surface area contributed by atoms with E-state index in [1.165, 1.54) is 23.8 Å². The molecule has 0 saturated carbocycles. The van der Waals surface area contributed by atoms with Crippen molar-refractivity contribution in [3.8, 4) is 0 Å². The van der Waals surface area contributed by atoms with Crippen LogP contribution in [-0.2, 0) is 25.8 Å². The van der Waals surface area contributed by atoms with Crippen LogP contribution in [0.25, 0.3) is 11.1 Å². The second-order valence-corrected chi connectivity index (χ2v) is 8.72. The summed E-state index contributed by atoms with van der Waals surface area (Å²) in [5.74, 6) is -2.16. The summed E-state index contributed by atoms with van der Waals surface area (Å²) >= 11 is 1.35. The number of nitrogen functional groups attached to an aromatic ring is 1. The van der Waals surface area contributed by atoms with E-state index in [1.807, 2.05) is 16.8 Å². The zero-order valence-corrected chi connectivity index (χ0v) is 19.0. The molecule has 2 aliphatic heterocycles. The first-order valence-corrected chi connectivity index (χ1v) is 11.3. The highest BCUT2D eigenvalue weighted by Gasteiger charge is 2.54. The number of amides is 2. The predicted octanol–water partition coefficient (Wildman–Crippen LogP) is 0.0798. The number of thioether (sulfide) groups is 1. The number of nitrogens with one attached hydrogen (secondary N) is 1. The molecule has 3 aromatic heterocycles. The topological polar surface area (TPSA) is 177 Å². The van der Waals surface area contributed by atoms with Crippen molar-refractivity contribution in [3.05, 3.63) is 53.9 Å². The van der Waals surface area contributed by atoms with Crippen molar-refractivity contribution in [1.82, 2.24) is 15.2 Å². The van der Waals surface area contributed by atoms with Gasteiger partial charge in [0.2, 0.25) is 0 Å². The minimum absolute atomic E-state index is 0.0284. The number of nitrogens with two attached hydrogens (primary N) is 1. The molecular formula is C21H19N6O7S+. The molecule has 4 N–H and O–H groups in total. The summed E-state index contributed by atoms with van der Waals surface area (Å²) in [5.41, 5.74) is 7.19. The molecule has 1 saturated heterocycles. The Morgan fingerprint density at radius 1 is 1.43 bits per heavy atom. The molecule has 2 aliphatic rings. The number of hydrogen-bond acceptors (Lipinski definition) is 10. The maximum Gasteiger partial charge on any atom is 0.352 e. The number of oxime groups is 1. The summed E-state index contributed by atoms with van der Waals surface area (Å²) in [7, 11) is 1.25. The lowest BCUT2D eigenvalue weighted by molar-refractivity contribution is -0.663. The first-order chi connectivity index (χ1) is 16.9. The summed E-state index contributed by atoms with van der Waals surface area (Å²) in [6.07, 6.45) is 4.50. The van der Waals surface area contributed by atoms with Crippen LogP contribution in [-0.4, -0.2) is 62.8 Å². The smallest absolute Gasteiger partial charge is 0.352 e. The lowest BCUT2D eigenvalue weighted by Gasteiger charge is -2.49. The third-order valence-electron chi connectivity index (χ3n) is 5.56. The number of oxazole rings is 1. The Kier molecular flexibility index (Phi) is 5.64. The van der Waals surface area contributed by atoms with Crippen LogP contribution in [0.2, 0.25) is 0 Å². The number of aromatic nitrogens is 2. The Bertz CT molecular complexity index is 1410. The Balaban J connectivity index is 1.38. The summed E-state index contributed by atoms with van der Waals surface area (Å²) < 4.78 is 12.2. The van der Waals surface area contributed by atoms with Gasteiger partial charge in [0.15, 0.2) is 24.0 Å². The number of furan rings is 1. The maximum atomic E-state index is 13.0. The van der Waals surface area contributed by atoms with Crippen molar-refractivity contribution >= 4 is 52.4 Å². The van der Waals surface area contributed by atoms with Gasteiger partial charge >= 0.3 is 5.97 Å².